The van der Waals surface area contributed by atoms with Gasteiger partial charge in [-0.1, -0.05) is 55.6 Å². The normalized spacial score (nSPS) is 16.4. The Morgan fingerprint density at radius 2 is 2.08 bits per heavy atom. The van der Waals surface area contributed by atoms with Crippen LogP contribution in [-0.2, 0) is 4.79 Å². The molecule has 3 rings (SSSR count). The Kier molecular flexibility index (Phi) is 5.99. The molecule has 0 saturated heterocycles. The molecule has 2 aromatic rings. The largest absolute Gasteiger partial charge is 0.325 e. The number of carbonyl (C=O) groups is 1. The van der Waals surface area contributed by atoms with E-state index in [2.05, 4.69) is 34.7 Å². The van der Waals surface area contributed by atoms with Crippen LogP contribution in [0, 0.1) is 0 Å². The van der Waals surface area contributed by atoms with Crippen LogP contribution in [0.2, 0.25) is 0 Å². The van der Waals surface area contributed by atoms with E-state index in [9.17, 15) is 4.79 Å². The summed E-state index contributed by atoms with van der Waals surface area (Å²) in [5.74, 6) is 0.776. The minimum absolute atomic E-state index is 0.00957. The molecule has 0 radical (unpaired) electrons. The molecular formula is C18H20N4OS2. The molecule has 7 heteroatoms. The van der Waals surface area contributed by atoms with Gasteiger partial charge >= 0.3 is 0 Å². The molecule has 1 amide bonds. The average Bonchev–Trinajstić information content (AvgIpc) is 3.10. The van der Waals surface area contributed by atoms with Crippen LogP contribution in [0.1, 0.15) is 36.4 Å². The third-order valence-electron chi connectivity index (χ3n) is 3.64. The van der Waals surface area contributed by atoms with Crippen molar-refractivity contribution in [3.63, 3.8) is 0 Å². The molecule has 0 bridgehead atoms. The van der Waals surface area contributed by atoms with Gasteiger partial charge in [0.05, 0.1) is 11.4 Å². The number of hydrazone groups is 1. The highest BCUT2D eigenvalue weighted by atomic mass is 32.2. The maximum absolute atomic E-state index is 12.1. The SMILES string of the molecule is CC(C)c1ccc(NC(=O)CSC2=NN[C@H](c3ccccn3)S2)cc1. The first-order valence-corrected chi connectivity index (χ1v) is 9.92. The highest BCUT2D eigenvalue weighted by molar-refractivity contribution is 8.39. The highest BCUT2D eigenvalue weighted by Gasteiger charge is 2.22. The molecule has 1 aromatic carbocycles. The molecular weight excluding hydrogens is 352 g/mol. The van der Waals surface area contributed by atoms with Crippen molar-refractivity contribution in [2.45, 2.75) is 25.1 Å². The minimum Gasteiger partial charge on any atom is -0.325 e. The quantitative estimate of drug-likeness (QED) is 0.824. The number of thioether (sulfide) groups is 2. The van der Waals surface area contributed by atoms with Crippen molar-refractivity contribution in [1.29, 1.82) is 0 Å². The lowest BCUT2D eigenvalue weighted by Gasteiger charge is -2.08. The summed E-state index contributed by atoms with van der Waals surface area (Å²) in [6.07, 6.45) is 1.76. The van der Waals surface area contributed by atoms with E-state index in [4.69, 9.17) is 0 Å². The monoisotopic (exact) mass is 372 g/mol. The lowest BCUT2D eigenvalue weighted by Crippen LogP contribution is -2.14. The number of rotatable bonds is 5. The van der Waals surface area contributed by atoms with Crippen LogP contribution in [0.15, 0.2) is 53.8 Å². The van der Waals surface area contributed by atoms with Crippen molar-refractivity contribution < 1.29 is 4.79 Å². The molecule has 5 nitrogen and oxygen atoms in total. The molecule has 1 atom stereocenters. The maximum Gasteiger partial charge on any atom is 0.234 e. The fraction of sp³-hybridized carbons (Fsp3) is 0.278. The zero-order valence-electron chi connectivity index (χ0n) is 14.1. The number of anilines is 1. The molecule has 0 fully saturated rings. The number of nitrogens with one attached hydrogen (secondary N) is 2. The van der Waals surface area contributed by atoms with Gasteiger partial charge in [-0.15, -0.1) is 0 Å². The number of hydrogen-bond donors (Lipinski definition) is 2. The molecule has 1 aliphatic rings. The molecule has 130 valence electrons. The summed E-state index contributed by atoms with van der Waals surface area (Å²) in [4.78, 5) is 16.4. The van der Waals surface area contributed by atoms with Crippen molar-refractivity contribution in [2.24, 2.45) is 5.10 Å². The van der Waals surface area contributed by atoms with E-state index >= 15 is 0 Å². The van der Waals surface area contributed by atoms with E-state index < -0.39 is 0 Å². The van der Waals surface area contributed by atoms with Gasteiger partial charge in [-0.05, 0) is 35.7 Å². The smallest absolute Gasteiger partial charge is 0.234 e. The Morgan fingerprint density at radius 1 is 1.28 bits per heavy atom. The first-order valence-electron chi connectivity index (χ1n) is 8.05. The summed E-state index contributed by atoms with van der Waals surface area (Å²) >= 11 is 3.01. The fourth-order valence-corrected chi connectivity index (χ4v) is 4.12. The van der Waals surface area contributed by atoms with Crippen molar-refractivity contribution in [1.82, 2.24) is 10.4 Å². The maximum atomic E-state index is 12.1. The summed E-state index contributed by atoms with van der Waals surface area (Å²) in [6.45, 7) is 4.30. The van der Waals surface area contributed by atoms with Gasteiger partial charge in [-0.25, -0.2) is 0 Å². The van der Waals surface area contributed by atoms with Crippen molar-refractivity contribution in [2.75, 3.05) is 11.1 Å². The van der Waals surface area contributed by atoms with Crippen LogP contribution in [0.4, 0.5) is 5.69 Å². The third-order valence-corrected chi connectivity index (χ3v) is 5.90. The van der Waals surface area contributed by atoms with E-state index in [0.717, 1.165) is 15.8 Å². The molecule has 0 spiro atoms. The molecule has 2 N–H and O–H groups in total. The van der Waals surface area contributed by atoms with Gasteiger partial charge in [0.1, 0.15) is 5.37 Å². The fourth-order valence-electron chi connectivity index (χ4n) is 2.26. The van der Waals surface area contributed by atoms with Gasteiger partial charge in [0, 0.05) is 11.9 Å². The van der Waals surface area contributed by atoms with Gasteiger partial charge in [-0.2, -0.15) is 5.10 Å². The van der Waals surface area contributed by atoms with Gasteiger partial charge in [0.2, 0.25) is 5.91 Å². The second-order valence-electron chi connectivity index (χ2n) is 5.87. The Balaban J connectivity index is 1.45. The number of pyridine rings is 1. The standard InChI is InChI=1S/C18H20N4OS2/c1-12(2)13-6-8-14(9-7-13)20-16(23)11-24-18-22-21-17(25-18)15-5-3-4-10-19-15/h3-10,12,17,21H,11H2,1-2H3,(H,20,23)/t17-/m0/s1. The van der Waals surface area contributed by atoms with Crippen molar-refractivity contribution in [3.05, 3.63) is 59.9 Å². The number of hydrogen-bond acceptors (Lipinski definition) is 6. The molecule has 0 aliphatic carbocycles. The average molecular weight is 373 g/mol. The van der Waals surface area contributed by atoms with Crippen molar-refractivity contribution >= 4 is 39.5 Å². The van der Waals surface area contributed by atoms with E-state index in [0.29, 0.717) is 11.7 Å². The highest BCUT2D eigenvalue weighted by Crippen LogP contribution is 2.34. The predicted molar refractivity (Wildman–Crippen MR) is 107 cm³/mol. The lowest BCUT2D eigenvalue weighted by atomic mass is 10.0. The molecule has 0 unspecified atom stereocenters. The van der Waals surface area contributed by atoms with Crippen molar-refractivity contribution in [3.8, 4) is 0 Å². The Morgan fingerprint density at radius 3 is 2.76 bits per heavy atom. The first-order chi connectivity index (χ1) is 12.1. The molecule has 1 aromatic heterocycles. The Hall–Kier alpha value is -1.99. The van der Waals surface area contributed by atoms with Gasteiger partial charge < -0.3 is 5.32 Å². The minimum atomic E-state index is -0.0353. The summed E-state index contributed by atoms with van der Waals surface area (Å²) in [5, 5.41) is 7.20. The summed E-state index contributed by atoms with van der Waals surface area (Å²) in [7, 11) is 0. The molecule has 25 heavy (non-hydrogen) atoms. The van der Waals surface area contributed by atoms with E-state index in [1.54, 1.807) is 18.0 Å². The van der Waals surface area contributed by atoms with Crippen LogP contribution in [0.5, 0.6) is 0 Å². The molecule has 2 heterocycles. The van der Waals surface area contributed by atoms with Gasteiger partial charge in [-0.3, -0.25) is 15.2 Å². The zero-order valence-corrected chi connectivity index (χ0v) is 15.7. The van der Waals surface area contributed by atoms with Gasteiger partial charge in [0.15, 0.2) is 4.38 Å². The summed E-state index contributed by atoms with van der Waals surface area (Å²) in [6, 6.07) is 13.8. The second-order valence-corrected chi connectivity index (χ2v) is 8.19. The molecule has 1 aliphatic heterocycles. The predicted octanol–water partition coefficient (Wildman–Crippen LogP) is 4.18. The lowest BCUT2D eigenvalue weighted by molar-refractivity contribution is -0.113. The Bertz CT molecular complexity index is 747. The van der Waals surface area contributed by atoms with Crippen LogP contribution in [-0.4, -0.2) is 21.0 Å². The van der Waals surface area contributed by atoms with Gasteiger partial charge in [0.25, 0.3) is 0 Å². The number of amides is 1. The van der Waals surface area contributed by atoms with E-state index in [1.807, 2.05) is 42.5 Å². The van der Waals surface area contributed by atoms with Crippen LogP contribution in [0.25, 0.3) is 0 Å². The van der Waals surface area contributed by atoms with Crippen LogP contribution >= 0.6 is 23.5 Å². The van der Waals surface area contributed by atoms with E-state index in [-0.39, 0.29) is 11.3 Å². The van der Waals surface area contributed by atoms with Crippen LogP contribution < -0.4 is 10.7 Å². The summed E-state index contributed by atoms with van der Waals surface area (Å²) in [5.41, 5.74) is 6.06. The second kappa shape index (κ2) is 8.40. The number of carbonyl (C=O) groups excluding carboxylic acids is 1. The molecule has 0 saturated carbocycles. The number of benzene rings is 1. The Labute approximate surface area is 156 Å². The van der Waals surface area contributed by atoms with E-state index in [1.165, 1.54) is 17.3 Å². The van der Waals surface area contributed by atoms with Crippen LogP contribution in [0.3, 0.4) is 0 Å². The summed E-state index contributed by atoms with van der Waals surface area (Å²) < 4.78 is 0.848. The first kappa shape index (κ1) is 17.8. The topological polar surface area (TPSA) is 66.4 Å². The number of aromatic nitrogens is 1. The third kappa shape index (κ3) is 4.99. The number of nitrogens with zero attached hydrogens (tertiary/aromatic N) is 2. The zero-order chi connectivity index (χ0) is 17.6.